The molecule has 0 aliphatic carbocycles. The number of benzene rings is 1. The molecule has 0 saturated heterocycles. The van der Waals surface area contributed by atoms with Crippen LogP contribution in [-0.4, -0.2) is 20.7 Å². The van der Waals surface area contributed by atoms with Gasteiger partial charge in [0, 0.05) is 7.05 Å². The van der Waals surface area contributed by atoms with Gasteiger partial charge in [0.05, 0.1) is 18.0 Å². The maximum absolute atomic E-state index is 12.8. The summed E-state index contributed by atoms with van der Waals surface area (Å²) in [6.45, 7) is 1.89. The van der Waals surface area contributed by atoms with Crippen molar-refractivity contribution >= 4 is 18.1 Å². The van der Waals surface area contributed by atoms with Gasteiger partial charge in [0.2, 0.25) is 5.91 Å². The Kier molecular flexibility index (Phi) is 5.43. The van der Waals surface area contributed by atoms with E-state index in [1.807, 2.05) is 0 Å². The van der Waals surface area contributed by atoms with Gasteiger partial charge in [-0.1, -0.05) is 25.1 Å². The van der Waals surface area contributed by atoms with Crippen LogP contribution in [0.3, 0.4) is 0 Å². The molecule has 0 bridgehead atoms. The molecular formula is C15H17F3N4OS. The fraction of sp³-hybridized carbons (Fsp3) is 0.400. The summed E-state index contributed by atoms with van der Waals surface area (Å²) in [4.78, 5) is 12.4. The number of halogens is 3. The Balaban J connectivity index is 2.14. The van der Waals surface area contributed by atoms with Crippen molar-refractivity contribution in [3.63, 3.8) is 0 Å². The fourth-order valence-electron chi connectivity index (χ4n) is 2.33. The minimum absolute atomic E-state index is 0.137. The van der Waals surface area contributed by atoms with Crippen LogP contribution in [-0.2, 0) is 24.6 Å². The van der Waals surface area contributed by atoms with Crippen LogP contribution in [0.4, 0.5) is 13.2 Å². The van der Waals surface area contributed by atoms with Gasteiger partial charge in [-0.05, 0) is 30.3 Å². The number of aromatic amines is 1. The highest BCUT2D eigenvalue weighted by molar-refractivity contribution is 7.71. The lowest BCUT2D eigenvalue weighted by Gasteiger charge is -2.17. The van der Waals surface area contributed by atoms with Gasteiger partial charge in [-0.3, -0.25) is 9.89 Å². The summed E-state index contributed by atoms with van der Waals surface area (Å²) in [6.07, 6.45) is -4.06. The van der Waals surface area contributed by atoms with Gasteiger partial charge in [0.15, 0.2) is 10.6 Å². The van der Waals surface area contributed by atoms with Crippen molar-refractivity contribution in [1.29, 1.82) is 0 Å². The monoisotopic (exact) mass is 358 g/mol. The van der Waals surface area contributed by atoms with Crippen LogP contribution in [0.15, 0.2) is 24.3 Å². The van der Waals surface area contributed by atoms with Gasteiger partial charge in [0.1, 0.15) is 0 Å². The minimum atomic E-state index is -4.44. The maximum atomic E-state index is 12.8. The van der Waals surface area contributed by atoms with E-state index in [0.717, 1.165) is 12.1 Å². The molecule has 1 atom stereocenters. The van der Waals surface area contributed by atoms with Crippen molar-refractivity contribution in [3.8, 4) is 0 Å². The lowest BCUT2D eigenvalue weighted by molar-refractivity contribution is -0.137. The second-order valence-corrected chi connectivity index (χ2v) is 5.69. The Labute approximate surface area is 141 Å². The Hall–Kier alpha value is -2.16. The molecule has 24 heavy (non-hydrogen) atoms. The van der Waals surface area contributed by atoms with Crippen molar-refractivity contribution in [2.45, 2.75) is 32.0 Å². The van der Waals surface area contributed by atoms with Gasteiger partial charge < -0.3 is 9.88 Å². The summed E-state index contributed by atoms with van der Waals surface area (Å²) < 4.78 is 40.5. The molecule has 2 aromatic rings. The number of aromatic nitrogens is 3. The quantitative estimate of drug-likeness (QED) is 0.806. The van der Waals surface area contributed by atoms with E-state index in [0.29, 0.717) is 22.6 Å². The summed E-state index contributed by atoms with van der Waals surface area (Å²) in [7, 11) is 1.71. The van der Waals surface area contributed by atoms with E-state index in [9.17, 15) is 18.0 Å². The first-order chi connectivity index (χ1) is 11.2. The number of carbonyl (C=O) groups is 1. The molecule has 1 unspecified atom stereocenters. The molecule has 0 saturated carbocycles. The van der Waals surface area contributed by atoms with Crippen LogP contribution in [0.25, 0.3) is 0 Å². The number of amides is 1. The molecule has 9 heteroatoms. The van der Waals surface area contributed by atoms with E-state index in [-0.39, 0.29) is 12.5 Å². The van der Waals surface area contributed by atoms with Crippen molar-refractivity contribution in [2.24, 2.45) is 7.05 Å². The Bertz CT molecular complexity index is 782. The lowest BCUT2D eigenvalue weighted by Crippen LogP contribution is -2.30. The summed E-state index contributed by atoms with van der Waals surface area (Å²) in [5.41, 5.74) is -0.430. The Morgan fingerprint density at radius 1 is 1.46 bits per heavy atom. The van der Waals surface area contributed by atoms with Crippen molar-refractivity contribution < 1.29 is 18.0 Å². The van der Waals surface area contributed by atoms with E-state index in [1.165, 1.54) is 12.1 Å². The standard InChI is InChI=1S/C15H17F3N4OS/c1-3-11(9-5-4-6-10(7-9)15(16,17)18)13(23)19-8-12-20-21-14(24)22(12)2/h4-7,11H,3,8H2,1-2H3,(H,19,23)(H,21,24). The molecule has 0 radical (unpaired) electrons. The molecule has 0 aliphatic rings. The summed E-state index contributed by atoms with van der Waals surface area (Å²) in [5.74, 6) is -0.488. The maximum Gasteiger partial charge on any atom is 0.416 e. The molecule has 0 spiro atoms. The number of nitrogens with one attached hydrogen (secondary N) is 2. The first-order valence-electron chi connectivity index (χ1n) is 7.29. The first-order valence-corrected chi connectivity index (χ1v) is 7.70. The summed E-state index contributed by atoms with van der Waals surface area (Å²) in [6, 6.07) is 4.84. The second-order valence-electron chi connectivity index (χ2n) is 5.31. The molecule has 2 N–H and O–H groups in total. The summed E-state index contributed by atoms with van der Waals surface area (Å²) >= 11 is 4.98. The van der Waals surface area contributed by atoms with Gasteiger partial charge in [-0.25, -0.2) is 0 Å². The number of nitrogens with zero attached hydrogens (tertiary/aromatic N) is 2. The zero-order chi connectivity index (χ0) is 17.9. The third-order valence-corrected chi connectivity index (χ3v) is 4.10. The van der Waals surface area contributed by atoms with Crippen LogP contribution < -0.4 is 5.32 Å². The SMILES string of the molecule is CCC(C(=O)NCc1n[nH]c(=S)n1C)c1cccc(C(F)(F)F)c1. The van der Waals surface area contributed by atoms with Gasteiger partial charge >= 0.3 is 6.18 Å². The normalized spacial score (nSPS) is 12.9. The fourth-order valence-corrected chi connectivity index (χ4v) is 2.48. The average molecular weight is 358 g/mol. The van der Waals surface area contributed by atoms with Crippen molar-refractivity contribution in [1.82, 2.24) is 20.1 Å². The molecular weight excluding hydrogens is 341 g/mol. The van der Waals surface area contributed by atoms with Crippen molar-refractivity contribution in [3.05, 3.63) is 46.0 Å². The number of alkyl halides is 3. The van der Waals surface area contributed by atoms with Gasteiger partial charge in [-0.2, -0.15) is 18.3 Å². The van der Waals surface area contributed by atoms with Crippen LogP contribution >= 0.6 is 12.2 Å². The third kappa shape index (κ3) is 4.02. The molecule has 0 aliphatic heterocycles. The van der Waals surface area contributed by atoms with E-state index in [4.69, 9.17) is 12.2 Å². The highest BCUT2D eigenvalue weighted by atomic mass is 32.1. The number of H-pyrrole nitrogens is 1. The van der Waals surface area contributed by atoms with Gasteiger partial charge in [-0.15, -0.1) is 0 Å². The average Bonchev–Trinajstić information content (AvgIpc) is 2.85. The smallest absolute Gasteiger partial charge is 0.348 e. The van der Waals surface area contributed by atoms with E-state index in [2.05, 4.69) is 15.5 Å². The second kappa shape index (κ2) is 7.16. The molecule has 1 aromatic carbocycles. The molecule has 1 aromatic heterocycles. The Morgan fingerprint density at radius 2 is 2.17 bits per heavy atom. The molecule has 130 valence electrons. The largest absolute Gasteiger partial charge is 0.416 e. The Morgan fingerprint density at radius 3 is 2.71 bits per heavy atom. The number of rotatable bonds is 5. The number of hydrogen-bond acceptors (Lipinski definition) is 3. The van der Waals surface area contributed by atoms with E-state index >= 15 is 0 Å². The topological polar surface area (TPSA) is 62.7 Å². The summed E-state index contributed by atoms with van der Waals surface area (Å²) in [5, 5.41) is 9.26. The molecule has 1 amide bonds. The zero-order valence-corrected chi connectivity index (χ0v) is 14.0. The van der Waals surface area contributed by atoms with Crippen LogP contribution in [0.1, 0.15) is 36.2 Å². The highest BCUT2D eigenvalue weighted by Crippen LogP contribution is 2.31. The van der Waals surface area contributed by atoms with Crippen LogP contribution in [0, 0.1) is 4.77 Å². The van der Waals surface area contributed by atoms with Crippen LogP contribution in [0.2, 0.25) is 0 Å². The van der Waals surface area contributed by atoms with Gasteiger partial charge in [0.25, 0.3) is 0 Å². The number of carbonyl (C=O) groups excluding carboxylic acids is 1. The highest BCUT2D eigenvalue weighted by Gasteiger charge is 2.31. The first kappa shape index (κ1) is 18.2. The predicted octanol–water partition coefficient (Wildman–Crippen LogP) is 3.31. The molecule has 5 nitrogen and oxygen atoms in total. The zero-order valence-electron chi connectivity index (χ0n) is 13.1. The minimum Gasteiger partial charge on any atom is -0.348 e. The molecule has 0 fully saturated rings. The van der Waals surface area contributed by atoms with E-state index in [1.54, 1.807) is 18.5 Å². The molecule has 2 rings (SSSR count). The van der Waals surface area contributed by atoms with Crippen LogP contribution in [0.5, 0.6) is 0 Å². The number of hydrogen-bond donors (Lipinski definition) is 2. The lowest BCUT2D eigenvalue weighted by atomic mass is 9.94. The third-order valence-electron chi connectivity index (χ3n) is 3.73. The molecule has 1 heterocycles. The van der Waals surface area contributed by atoms with E-state index < -0.39 is 17.7 Å². The predicted molar refractivity (Wildman–Crippen MR) is 84.7 cm³/mol. The van der Waals surface area contributed by atoms with Crippen molar-refractivity contribution in [2.75, 3.05) is 0 Å².